The van der Waals surface area contributed by atoms with Crippen molar-refractivity contribution in [3.63, 3.8) is 0 Å². The van der Waals surface area contributed by atoms with E-state index in [9.17, 15) is 14.4 Å². The minimum Gasteiger partial charge on any atom is -0.321 e. The van der Waals surface area contributed by atoms with E-state index in [-0.39, 0.29) is 11.6 Å². The average molecular weight is 721 g/mol. The van der Waals surface area contributed by atoms with Gasteiger partial charge in [0.25, 0.3) is 11.8 Å². The highest BCUT2D eigenvalue weighted by Gasteiger charge is 2.24. The molecule has 1 heterocycles. The molecule has 0 bridgehead atoms. The van der Waals surface area contributed by atoms with Crippen molar-refractivity contribution in [1.29, 1.82) is 0 Å². The number of thioether (sulfide) groups is 2. The maximum Gasteiger partial charge on any atom is 0.272 e. The van der Waals surface area contributed by atoms with Crippen LogP contribution in [0.4, 0.5) is 10.8 Å². The van der Waals surface area contributed by atoms with Crippen LogP contribution in [-0.4, -0.2) is 32.8 Å². The average Bonchev–Trinajstić information content (AvgIpc) is 3.52. The van der Waals surface area contributed by atoms with Gasteiger partial charge in [0.15, 0.2) is 0 Å². The van der Waals surface area contributed by atoms with Gasteiger partial charge >= 0.3 is 0 Å². The van der Waals surface area contributed by atoms with Crippen LogP contribution in [-0.2, 0) is 9.59 Å². The molecule has 0 spiro atoms. The monoisotopic (exact) mass is 719 g/mol. The number of rotatable bonds is 12. The smallest absolute Gasteiger partial charge is 0.272 e. The molecule has 3 N–H and O–H groups in total. The highest BCUT2D eigenvalue weighted by molar-refractivity contribution is 8.00. The molecule has 3 amide bonds. The molecule has 13 heteroatoms. The zero-order valence-electron chi connectivity index (χ0n) is 24.8. The molecule has 1 aromatic heterocycles. The number of nitrogens with one attached hydrogen (secondary N) is 3. The van der Waals surface area contributed by atoms with E-state index in [0.29, 0.717) is 37.1 Å². The van der Waals surface area contributed by atoms with Gasteiger partial charge in [-0.1, -0.05) is 103 Å². The molecule has 0 aliphatic rings. The van der Waals surface area contributed by atoms with Crippen LogP contribution in [0.5, 0.6) is 0 Å². The molecule has 0 aliphatic carbocycles. The molecular weight excluding hydrogens is 694 g/mol. The van der Waals surface area contributed by atoms with Gasteiger partial charge in [-0.05, 0) is 65.4 Å². The Morgan fingerprint density at radius 3 is 2.36 bits per heavy atom. The highest BCUT2D eigenvalue weighted by atomic mass is 35.5. The molecule has 0 radical (unpaired) electrons. The van der Waals surface area contributed by atoms with Gasteiger partial charge in [0.2, 0.25) is 16.2 Å². The second-order valence-electron chi connectivity index (χ2n) is 9.74. The first-order chi connectivity index (χ1) is 22.8. The van der Waals surface area contributed by atoms with Crippen LogP contribution >= 0.6 is 58.3 Å². The fraction of sp³-hybridized carbons (Fsp3) is 0.0882. The van der Waals surface area contributed by atoms with Gasteiger partial charge in [-0.3, -0.25) is 19.7 Å². The molecule has 5 rings (SSSR count). The van der Waals surface area contributed by atoms with Gasteiger partial charge in [0.1, 0.15) is 10.9 Å². The molecule has 5 aromatic rings. The predicted octanol–water partition coefficient (Wildman–Crippen LogP) is 8.84. The van der Waals surface area contributed by atoms with Gasteiger partial charge in [0.05, 0.1) is 0 Å². The van der Waals surface area contributed by atoms with Gasteiger partial charge in [-0.2, -0.15) is 9.36 Å². The summed E-state index contributed by atoms with van der Waals surface area (Å²) in [5.41, 5.74) is 2.10. The van der Waals surface area contributed by atoms with Crippen LogP contribution < -0.4 is 16.0 Å². The van der Waals surface area contributed by atoms with E-state index in [2.05, 4.69) is 25.3 Å². The number of anilines is 2. The Balaban J connectivity index is 1.37. The molecule has 4 aromatic carbocycles. The van der Waals surface area contributed by atoms with Crippen molar-refractivity contribution in [2.24, 2.45) is 0 Å². The topological polar surface area (TPSA) is 113 Å². The second kappa shape index (κ2) is 16.6. The first-order valence-corrected chi connectivity index (χ1v) is 17.6. The fourth-order valence-electron chi connectivity index (χ4n) is 4.22. The number of nitrogens with zero attached hydrogens (tertiary/aromatic N) is 2. The molecule has 1 atom stereocenters. The van der Waals surface area contributed by atoms with Crippen LogP contribution in [0, 0.1) is 0 Å². The third-order valence-electron chi connectivity index (χ3n) is 6.39. The summed E-state index contributed by atoms with van der Waals surface area (Å²) < 4.78 is 4.29. The molecule has 0 aliphatic heterocycles. The quantitative estimate of drug-likeness (QED) is 0.0872. The Bertz CT molecular complexity index is 1910. The molecule has 0 fully saturated rings. The summed E-state index contributed by atoms with van der Waals surface area (Å²) in [6.45, 7) is 2.01. The largest absolute Gasteiger partial charge is 0.321 e. The summed E-state index contributed by atoms with van der Waals surface area (Å²) in [6, 6.07) is 29.9. The van der Waals surface area contributed by atoms with E-state index < -0.39 is 17.1 Å². The van der Waals surface area contributed by atoms with E-state index in [1.54, 1.807) is 66.7 Å². The van der Waals surface area contributed by atoms with Crippen LogP contribution in [0.2, 0.25) is 10.0 Å². The molecule has 47 heavy (non-hydrogen) atoms. The summed E-state index contributed by atoms with van der Waals surface area (Å²) in [4.78, 5) is 45.3. The summed E-state index contributed by atoms with van der Waals surface area (Å²) in [6.07, 6.45) is 1.49. The molecule has 1 unspecified atom stereocenters. The van der Waals surface area contributed by atoms with E-state index in [0.717, 1.165) is 27.7 Å². The first kappa shape index (κ1) is 34.2. The summed E-state index contributed by atoms with van der Waals surface area (Å²) in [7, 11) is 0. The Kier molecular flexibility index (Phi) is 12.1. The van der Waals surface area contributed by atoms with Gasteiger partial charge in [0, 0.05) is 37.7 Å². The van der Waals surface area contributed by atoms with Crippen LogP contribution in [0.15, 0.2) is 119 Å². The summed E-state index contributed by atoms with van der Waals surface area (Å²) in [5.74, 6) is -0.468. The van der Waals surface area contributed by atoms with E-state index in [1.165, 1.54) is 29.6 Å². The Morgan fingerprint density at radius 2 is 1.64 bits per heavy atom. The third kappa shape index (κ3) is 9.69. The molecule has 8 nitrogen and oxygen atoms in total. The maximum absolute atomic E-state index is 13.6. The lowest BCUT2D eigenvalue weighted by Gasteiger charge is -2.17. The van der Waals surface area contributed by atoms with Crippen molar-refractivity contribution >= 4 is 92.9 Å². The molecule has 0 saturated heterocycles. The zero-order valence-corrected chi connectivity index (χ0v) is 28.7. The number of benzene rings is 4. The number of hydrogen-bond acceptors (Lipinski definition) is 8. The summed E-state index contributed by atoms with van der Waals surface area (Å²) >= 11 is 16.4. The number of halogens is 2. The summed E-state index contributed by atoms with van der Waals surface area (Å²) in [5, 5.41) is 9.64. The molecule has 238 valence electrons. The van der Waals surface area contributed by atoms with Crippen molar-refractivity contribution < 1.29 is 14.4 Å². The van der Waals surface area contributed by atoms with Crippen molar-refractivity contribution in [3.8, 4) is 0 Å². The second-order valence-corrected chi connectivity index (χ2v) is 13.7. The Hall–Kier alpha value is -4.13. The number of hydrogen-bond donors (Lipinski definition) is 3. The normalized spacial score (nSPS) is 11.9. The van der Waals surface area contributed by atoms with Crippen LogP contribution in [0.3, 0.4) is 0 Å². The van der Waals surface area contributed by atoms with Crippen molar-refractivity contribution in [1.82, 2.24) is 14.7 Å². The Labute approximate surface area is 294 Å². The lowest BCUT2D eigenvalue weighted by molar-refractivity contribution is -0.116. The van der Waals surface area contributed by atoms with Crippen molar-refractivity contribution in [2.75, 3.05) is 16.4 Å². The van der Waals surface area contributed by atoms with E-state index in [1.807, 2.05) is 43.3 Å². The lowest BCUT2D eigenvalue weighted by atomic mass is 10.1. The van der Waals surface area contributed by atoms with Crippen molar-refractivity contribution in [2.45, 2.75) is 22.2 Å². The minimum atomic E-state index is -0.624. The van der Waals surface area contributed by atoms with Gasteiger partial charge < -0.3 is 10.6 Å². The number of amides is 3. The molecular formula is C34H27Cl2N5O3S3. The standard InChI is InChI=1S/C34H27Cl2N5O3S3/c1-2-45-34-40-33(47-41-34)39-32(44)29(21-10-5-3-6-11-21)46-26-15-9-14-25(20-26)37-31(43)28(18-23-16-17-24(35)19-27(23)36)38-30(42)22-12-7-4-8-13-22/h3-20,29H,2H2,1H3,(H,37,43)(H,38,42)(H,39,40,41,44)/b28-18+. The number of carbonyl (C=O) groups excluding carboxylic acids is 3. The fourth-order valence-corrected chi connectivity index (χ4v) is 7.04. The SMILES string of the molecule is CCSc1nsc(NC(=O)C(Sc2cccc(NC(=O)/C(=C\c3ccc(Cl)cc3Cl)NC(=O)c3ccccc3)c2)c2ccccc2)n1. The molecule has 0 saturated carbocycles. The lowest BCUT2D eigenvalue weighted by Crippen LogP contribution is -2.30. The first-order valence-electron chi connectivity index (χ1n) is 14.2. The van der Waals surface area contributed by atoms with Crippen LogP contribution in [0.25, 0.3) is 6.08 Å². The maximum atomic E-state index is 13.6. The minimum absolute atomic E-state index is 0.0275. The van der Waals surface area contributed by atoms with E-state index >= 15 is 0 Å². The third-order valence-corrected chi connectivity index (χ3v) is 9.67. The predicted molar refractivity (Wildman–Crippen MR) is 193 cm³/mol. The van der Waals surface area contributed by atoms with Gasteiger partial charge in [-0.15, -0.1) is 11.8 Å². The number of aromatic nitrogens is 2. The highest BCUT2D eigenvalue weighted by Crippen LogP contribution is 2.37. The zero-order chi connectivity index (χ0) is 33.2. The van der Waals surface area contributed by atoms with E-state index in [4.69, 9.17) is 23.2 Å². The van der Waals surface area contributed by atoms with Crippen LogP contribution in [0.1, 0.15) is 33.7 Å². The number of carbonyl (C=O) groups is 3. The van der Waals surface area contributed by atoms with Gasteiger partial charge in [-0.25, -0.2) is 0 Å². The van der Waals surface area contributed by atoms with Crippen molar-refractivity contribution in [3.05, 3.63) is 136 Å². The Morgan fingerprint density at radius 1 is 0.894 bits per heavy atom.